The summed E-state index contributed by atoms with van der Waals surface area (Å²) in [4.78, 5) is 21.9. The van der Waals surface area contributed by atoms with E-state index in [4.69, 9.17) is 9.84 Å². The number of nitrogens with zero attached hydrogens (tertiary/aromatic N) is 3. The van der Waals surface area contributed by atoms with E-state index in [0.29, 0.717) is 19.5 Å². The number of hydrogen-bond donors (Lipinski definition) is 1. The molecule has 0 aliphatic carbocycles. The molecule has 6 nitrogen and oxygen atoms in total. The van der Waals surface area contributed by atoms with Crippen molar-refractivity contribution in [1.82, 2.24) is 14.9 Å². The van der Waals surface area contributed by atoms with E-state index in [1.54, 1.807) is 6.20 Å². The molecule has 34 heavy (non-hydrogen) atoms. The van der Waals surface area contributed by atoms with Crippen molar-refractivity contribution >= 4 is 5.97 Å². The van der Waals surface area contributed by atoms with Gasteiger partial charge >= 0.3 is 5.97 Å². The molecule has 178 valence electrons. The monoisotopic (exact) mass is 471 g/mol. The highest BCUT2D eigenvalue weighted by Gasteiger charge is 2.22. The van der Waals surface area contributed by atoms with Gasteiger partial charge in [-0.1, -0.05) is 13.0 Å². The molecule has 1 aromatic heterocycles. The summed E-state index contributed by atoms with van der Waals surface area (Å²) in [5.74, 6) is -2.46. The van der Waals surface area contributed by atoms with Gasteiger partial charge in [-0.05, 0) is 30.2 Å². The van der Waals surface area contributed by atoms with Gasteiger partial charge in [0.2, 0.25) is 0 Å². The van der Waals surface area contributed by atoms with Gasteiger partial charge in [0.25, 0.3) is 0 Å². The van der Waals surface area contributed by atoms with Crippen molar-refractivity contribution in [3.63, 3.8) is 0 Å². The van der Waals surface area contributed by atoms with Crippen molar-refractivity contribution in [3.8, 4) is 17.1 Å². The van der Waals surface area contributed by atoms with Crippen LogP contribution in [0.25, 0.3) is 11.4 Å². The van der Waals surface area contributed by atoms with Crippen LogP contribution in [0.3, 0.4) is 0 Å². The van der Waals surface area contributed by atoms with E-state index < -0.39 is 23.4 Å². The maximum atomic E-state index is 14.8. The second-order valence-corrected chi connectivity index (χ2v) is 8.48. The second kappa shape index (κ2) is 10.2. The Hall–Kier alpha value is -3.46. The van der Waals surface area contributed by atoms with E-state index in [9.17, 15) is 18.0 Å². The molecule has 3 aromatic rings. The molecule has 4 rings (SSSR count). The summed E-state index contributed by atoms with van der Waals surface area (Å²) < 4.78 is 47.7. The largest absolute Gasteiger partial charge is 0.489 e. The molecule has 0 radical (unpaired) electrons. The van der Waals surface area contributed by atoms with Gasteiger partial charge in [0.1, 0.15) is 29.8 Å². The molecule has 2 aromatic carbocycles. The van der Waals surface area contributed by atoms with Crippen LogP contribution in [0.1, 0.15) is 30.2 Å². The highest BCUT2D eigenvalue weighted by Crippen LogP contribution is 2.27. The van der Waals surface area contributed by atoms with E-state index in [1.807, 2.05) is 6.92 Å². The zero-order valence-electron chi connectivity index (χ0n) is 18.6. The number of carbonyl (C=O) groups is 1. The molecule has 0 fully saturated rings. The van der Waals surface area contributed by atoms with Crippen LogP contribution in [0.4, 0.5) is 13.2 Å². The number of ether oxygens (including phenoxy) is 1. The van der Waals surface area contributed by atoms with E-state index in [2.05, 4.69) is 14.9 Å². The summed E-state index contributed by atoms with van der Waals surface area (Å²) in [5, 5.41) is 8.95. The van der Waals surface area contributed by atoms with Crippen LogP contribution in [0, 0.1) is 23.4 Å². The van der Waals surface area contributed by atoms with Crippen molar-refractivity contribution in [2.24, 2.45) is 5.92 Å². The standard InChI is InChI=1S/C25H24F3N3O3/c1-15(9-24(32)33)12-31-8-7-23-16(13-31)11-29-25(30-23)18-6-5-17(10-22(18)28)34-14-19-20(26)3-2-4-21(19)27/h2-6,10-11,15H,7-9,12-14H2,1H3,(H,32,33). The van der Waals surface area contributed by atoms with Gasteiger partial charge in [-0.3, -0.25) is 9.69 Å². The zero-order valence-corrected chi connectivity index (χ0v) is 18.6. The smallest absolute Gasteiger partial charge is 0.303 e. The van der Waals surface area contributed by atoms with Gasteiger partial charge in [0, 0.05) is 50.3 Å². The predicted molar refractivity (Wildman–Crippen MR) is 119 cm³/mol. The Bertz CT molecular complexity index is 1190. The first-order valence-corrected chi connectivity index (χ1v) is 10.9. The molecular weight excluding hydrogens is 447 g/mol. The Kier molecular flexibility index (Phi) is 7.12. The fourth-order valence-electron chi connectivity index (χ4n) is 4.06. The number of benzene rings is 2. The van der Waals surface area contributed by atoms with Gasteiger partial charge < -0.3 is 9.84 Å². The summed E-state index contributed by atoms with van der Waals surface area (Å²) in [6.07, 6.45) is 2.45. The Labute approximate surface area is 195 Å². The third-order valence-corrected chi connectivity index (χ3v) is 5.73. The molecule has 2 heterocycles. The fraction of sp³-hybridized carbons (Fsp3) is 0.320. The molecule has 1 aliphatic heterocycles. The number of halogens is 3. The highest BCUT2D eigenvalue weighted by molar-refractivity contribution is 5.67. The van der Waals surface area contributed by atoms with Crippen molar-refractivity contribution in [2.45, 2.75) is 32.9 Å². The molecule has 1 atom stereocenters. The Morgan fingerprint density at radius 2 is 1.94 bits per heavy atom. The first-order chi connectivity index (χ1) is 16.3. The number of hydrogen-bond acceptors (Lipinski definition) is 5. The SMILES string of the molecule is CC(CC(=O)O)CN1CCc2nc(-c3ccc(OCc4c(F)cccc4F)cc3F)ncc2C1. The quantitative estimate of drug-likeness (QED) is 0.517. The molecule has 0 bridgehead atoms. The van der Waals surface area contributed by atoms with E-state index in [-0.39, 0.29) is 41.6 Å². The maximum Gasteiger partial charge on any atom is 0.303 e. The van der Waals surface area contributed by atoms with Crippen LogP contribution in [-0.2, 0) is 24.4 Å². The van der Waals surface area contributed by atoms with Crippen molar-refractivity contribution in [3.05, 3.63) is 76.9 Å². The van der Waals surface area contributed by atoms with Gasteiger partial charge in [-0.2, -0.15) is 0 Å². The minimum atomic E-state index is -0.810. The zero-order chi connectivity index (χ0) is 24.2. The fourth-order valence-corrected chi connectivity index (χ4v) is 4.06. The predicted octanol–water partition coefficient (Wildman–Crippen LogP) is 4.61. The number of fused-ring (bicyclic) bond motifs is 1. The summed E-state index contributed by atoms with van der Waals surface area (Å²) in [6, 6.07) is 7.66. The molecule has 0 amide bonds. The van der Waals surface area contributed by atoms with E-state index in [1.165, 1.54) is 18.2 Å². The Balaban J connectivity index is 1.43. The van der Waals surface area contributed by atoms with E-state index in [0.717, 1.165) is 36.0 Å². The first kappa shape index (κ1) is 23.7. The number of carboxylic acid groups (broad SMARTS) is 1. The minimum absolute atomic E-state index is 0.0314. The number of rotatable bonds is 8. The third kappa shape index (κ3) is 5.53. The van der Waals surface area contributed by atoms with Crippen LogP contribution in [0.2, 0.25) is 0 Å². The van der Waals surface area contributed by atoms with Gasteiger partial charge in [0.15, 0.2) is 5.82 Å². The molecule has 9 heteroatoms. The van der Waals surface area contributed by atoms with Gasteiger partial charge in [-0.25, -0.2) is 23.1 Å². The highest BCUT2D eigenvalue weighted by atomic mass is 19.1. The Morgan fingerprint density at radius 1 is 1.18 bits per heavy atom. The Morgan fingerprint density at radius 3 is 2.65 bits per heavy atom. The number of aromatic nitrogens is 2. The van der Waals surface area contributed by atoms with Crippen LogP contribution in [-0.4, -0.2) is 39.0 Å². The third-order valence-electron chi connectivity index (χ3n) is 5.73. The lowest BCUT2D eigenvalue weighted by Crippen LogP contribution is -2.35. The molecule has 1 N–H and O–H groups in total. The van der Waals surface area contributed by atoms with Gasteiger partial charge in [0.05, 0.1) is 16.8 Å². The average molecular weight is 471 g/mol. The summed E-state index contributed by atoms with van der Waals surface area (Å²) in [6.45, 7) is 3.55. The maximum absolute atomic E-state index is 14.8. The van der Waals surface area contributed by atoms with Crippen LogP contribution >= 0.6 is 0 Å². The van der Waals surface area contributed by atoms with Crippen molar-refractivity contribution in [1.29, 1.82) is 0 Å². The van der Waals surface area contributed by atoms with Crippen molar-refractivity contribution in [2.75, 3.05) is 13.1 Å². The molecule has 0 spiro atoms. The lowest BCUT2D eigenvalue weighted by Gasteiger charge is -2.29. The number of carboxylic acids is 1. The van der Waals surface area contributed by atoms with Crippen LogP contribution < -0.4 is 4.74 Å². The average Bonchev–Trinajstić information content (AvgIpc) is 2.78. The summed E-state index contributed by atoms with van der Waals surface area (Å²) >= 11 is 0. The molecule has 1 aliphatic rings. The topological polar surface area (TPSA) is 75.5 Å². The first-order valence-electron chi connectivity index (χ1n) is 10.9. The van der Waals surface area contributed by atoms with Crippen molar-refractivity contribution < 1.29 is 27.8 Å². The normalized spacial score (nSPS) is 14.5. The molecular formula is C25H24F3N3O3. The van der Waals surface area contributed by atoms with Crippen LogP contribution in [0.15, 0.2) is 42.6 Å². The number of aliphatic carboxylic acids is 1. The molecule has 0 saturated heterocycles. The lowest BCUT2D eigenvalue weighted by molar-refractivity contribution is -0.138. The molecule has 0 saturated carbocycles. The summed E-state index contributed by atoms with van der Waals surface area (Å²) in [5.41, 5.74) is 1.74. The van der Waals surface area contributed by atoms with E-state index >= 15 is 0 Å². The minimum Gasteiger partial charge on any atom is -0.489 e. The second-order valence-electron chi connectivity index (χ2n) is 8.48. The summed E-state index contributed by atoms with van der Waals surface area (Å²) in [7, 11) is 0. The van der Waals surface area contributed by atoms with Gasteiger partial charge in [-0.15, -0.1) is 0 Å². The lowest BCUT2D eigenvalue weighted by atomic mass is 10.0. The molecule has 1 unspecified atom stereocenters. The van der Waals surface area contributed by atoms with Crippen LogP contribution in [0.5, 0.6) is 5.75 Å².